The summed E-state index contributed by atoms with van der Waals surface area (Å²) in [6.07, 6.45) is 0. The average molecular weight is 290 g/mol. The zero-order chi connectivity index (χ0) is 15.5. The highest BCUT2D eigenvalue weighted by Gasteiger charge is 2.18. The van der Waals surface area contributed by atoms with Crippen LogP contribution in [0.4, 0.5) is 0 Å². The van der Waals surface area contributed by atoms with Gasteiger partial charge in [-0.1, -0.05) is 42.5 Å². The Labute approximate surface area is 128 Å². The van der Waals surface area contributed by atoms with Gasteiger partial charge in [-0.2, -0.15) is 0 Å². The van der Waals surface area contributed by atoms with Crippen LogP contribution in [0.2, 0.25) is 0 Å². The van der Waals surface area contributed by atoms with E-state index in [1.807, 2.05) is 30.3 Å². The maximum Gasteiger partial charge on any atom is 0.197 e. The smallest absolute Gasteiger partial charge is 0.197 e. The first kappa shape index (κ1) is 13.9. The van der Waals surface area contributed by atoms with E-state index < -0.39 is 0 Å². The molecule has 108 valence electrons. The van der Waals surface area contributed by atoms with Gasteiger partial charge in [0.05, 0.1) is 5.56 Å². The molecule has 3 heteroatoms. The Morgan fingerprint density at radius 3 is 2.14 bits per heavy atom. The fraction of sp³-hybridized carbons (Fsp3) is 0. The van der Waals surface area contributed by atoms with Crippen LogP contribution >= 0.6 is 0 Å². The Bertz CT molecular complexity index is 823. The lowest BCUT2D eigenvalue weighted by molar-refractivity contribution is 0.103. The van der Waals surface area contributed by atoms with Crippen molar-refractivity contribution in [1.82, 2.24) is 0 Å². The van der Waals surface area contributed by atoms with Crippen molar-refractivity contribution in [2.75, 3.05) is 0 Å². The number of hydrogen-bond acceptors (Lipinski definition) is 3. The van der Waals surface area contributed by atoms with Crippen LogP contribution in [-0.4, -0.2) is 16.0 Å². The molecular formula is C19H14O3. The van der Waals surface area contributed by atoms with Crippen LogP contribution in [0.1, 0.15) is 15.9 Å². The number of hydrogen-bond donors (Lipinski definition) is 2. The van der Waals surface area contributed by atoms with Crippen molar-refractivity contribution >= 4 is 5.78 Å². The third-order valence-corrected chi connectivity index (χ3v) is 3.48. The van der Waals surface area contributed by atoms with Crippen molar-refractivity contribution in [3.8, 4) is 22.6 Å². The van der Waals surface area contributed by atoms with Crippen molar-refractivity contribution in [2.24, 2.45) is 0 Å². The highest BCUT2D eigenvalue weighted by atomic mass is 16.3. The summed E-state index contributed by atoms with van der Waals surface area (Å²) in [6.45, 7) is 0. The molecule has 0 aliphatic rings. The molecule has 3 nitrogen and oxygen atoms in total. The van der Waals surface area contributed by atoms with Crippen molar-refractivity contribution in [1.29, 1.82) is 0 Å². The molecule has 3 aromatic rings. The number of carbonyl (C=O) groups excluding carboxylic acids is 1. The third-order valence-electron chi connectivity index (χ3n) is 3.48. The number of benzene rings is 3. The van der Waals surface area contributed by atoms with E-state index in [4.69, 9.17) is 0 Å². The maximum absolute atomic E-state index is 12.7. The summed E-state index contributed by atoms with van der Waals surface area (Å²) in [5.41, 5.74) is 2.16. The molecule has 0 heterocycles. The standard InChI is InChI=1S/C19H14O3/c20-14-10-11-15(13-6-2-1-3-7-13)17(12-14)19(22)16-8-4-5-9-18(16)21/h1-12,20-21H. The van der Waals surface area contributed by atoms with Crippen molar-refractivity contribution in [2.45, 2.75) is 0 Å². The molecule has 3 aromatic carbocycles. The van der Waals surface area contributed by atoms with E-state index in [1.165, 1.54) is 12.1 Å². The maximum atomic E-state index is 12.7. The van der Waals surface area contributed by atoms with Gasteiger partial charge in [-0.05, 0) is 41.5 Å². The number of rotatable bonds is 3. The number of phenolic OH excluding ortho intramolecular Hbond substituents is 2. The minimum atomic E-state index is -0.326. The van der Waals surface area contributed by atoms with E-state index in [1.54, 1.807) is 30.3 Å². The van der Waals surface area contributed by atoms with Gasteiger partial charge in [0.25, 0.3) is 0 Å². The van der Waals surface area contributed by atoms with Gasteiger partial charge in [0, 0.05) is 5.56 Å². The largest absolute Gasteiger partial charge is 0.508 e. The Hall–Kier alpha value is -3.07. The van der Waals surface area contributed by atoms with Gasteiger partial charge in [0.1, 0.15) is 11.5 Å². The molecule has 0 fully saturated rings. The van der Waals surface area contributed by atoms with Gasteiger partial charge in [-0.25, -0.2) is 0 Å². The van der Waals surface area contributed by atoms with Gasteiger partial charge in [0.15, 0.2) is 5.78 Å². The summed E-state index contributed by atoms with van der Waals surface area (Å²) in [6, 6.07) is 20.5. The molecule has 2 N–H and O–H groups in total. The number of aromatic hydroxyl groups is 2. The highest BCUT2D eigenvalue weighted by Crippen LogP contribution is 2.30. The van der Waals surface area contributed by atoms with Crippen molar-refractivity contribution in [3.05, 3.63) is 83.9 Å². The SMILES string of the molecule is O=C(c1ccccc1O)c1cc(O)ccc1-c1ccccc1. The number of phenols is 2. The normalized spacial score (nSPS) is 10.4. The van der Waals surface area contributed by atoms with Crippen LogP contribution in [0.3, 0.4) is 0 Å². The zero-order valence-corrected chi connectivity index (χ0v) is 11.7. The molecule has 0 unspecified atom stereocenters. The molecule has 0 saturated heterocycles. The summed E-state index contributed by atoms with van der Waals surface area (Å²) < 4.78 is 0. The Morgan fingerprint density at radius 2 is 1.41 bits per heavy atom. The lowest BCUT2D eigenvalue weighted by atomic mass is 9.93. The van der Waals surface area contributed by atoms with E-state index in [0.717, 1.165) is 5.56 Å². The molecule has 0 bridgehead atoms. The molecule has 0 amide bonds. The van der Waals surface area contributed by atoms with Crippen LogP contribution < -0.4 is 0 Å². The summed E-state index contributed by atoms with van der Waals surface area (Å²) in [5, 5.41) is 19.6. The second-order valence-electron chi connectivity index (χ2n) is 4.94. The molecule has 0 saturated carbocycles. The second-order valence-corrected chi connectivity index (χ2v) is 4.94. The van der Waals surface area contributed by atoms with Gasteiger partial charge < -0.3 is 10.2 Å². The molecular weight excluding hydrogens is 276 g/mol. The van der Waals surface area contributed by atoms with E-state index in [2.05, 4.69) is 0 Å². The quantitative estimate of drug-likeness (QED) is 0.717. The van der Waals surface area contributed by atoms with Gasteiger partial charge in [-0.15, -0.1) is 0 Å². The van der Waals surface area contributed by atoms with E-state index in [9.17, 15) is 15.0 Å². The van der Waals surface area contributed by atoms with Gasteiger partial charge in [-0.3, -0.25) is 4.79 Å². The van der Waals surface area contributed by atoms with E-state index in [0.29, 0.717) is 11.1 Å². The lowest BCUT2D eigenvalue weighted by Gasteiger charge is -2.10. The van der Waals surface area contributed by atoms with Crippen molar-refractivity contribution in [3.63, 3.8) is 0 Å². The summed E-state index contributed by atoms with van der Waals surface area (Å²) in [4.78, 5) is 12.7. The van der Waals surface area contributed by atoms with Crippen LogP contribution in [-0.2, 0) is 0 Å². The Morgan fingerprint density at radius 1 is 0.727 bits per heavy atom. The molecule has 3 rings (SSSR count). The van der Waals surface area contributed by atoms with Crippen LogP contribution in [0.25, 0.3) is 11.1 Å². The summed E-state index contributed by atoms with van der Waals surface area (Å²) in [5.74, 6) is -0.388. The molecule has 0 spiro atoms. The summed E-state index contributed by atoms with van der Waals surface area (Å²) in [7, 11) is 0. The highest BCUT2D eigenvalue weighted by molar-refractivity contribution is 6.14. The van der Waals surface area contributed by atoms with Crippen molar-refractivity contribution < 1.29 is 15.0 Å². The Balaban J connectivity index is 2.16. The number of para-hydroxylation sites is 1. The second kappa shape index (κ2) is 5.74. The first-order chi connectivity index (χ1) is 10.7. The number of carbonyl (C=O) groups is 1. The molecule has 0 radical (unpaired) electrons. The predicted molar refractivity (Wildman–Crippen MR) is 85.1 cm³/mol. The number of ketones is 1. The predicted octanol–water partition coefficient (Wildman–Crippen LogP) is 4.00. The monoisotopic (exact) mass is 290 g/mol. The van der Waals surface area contributed by atoms with E-state index in [-0.39, 0.29) is 22.8 Å². The van der Waals surface area contributed by atoms with Crippen LogP contribution in [0.15, 0.2) is 72.8 Å². The lowest BCUT2D eigenvalue weighted by Crippen LogP contribution is -2.04. The topological polar surface area (TPSA) is 57.5 Å². The average Bonchev–Trinajstić information content (AvgIpc) is 2.55. The van der Waals surface area contributed by atoms with Crippen LogP contribution in [0.5, 0.6) is 11.5 Å². The minimum absolute atomic E-state index is 0.0125. The molecule has 0 aromatic heterocycles. The fourth-order valence-corrected chi connectivity index (χ4v) is 2.40. The first-order valence-electron chi connectivity index (χ1n) is 6.88. The third kappa shape index (κ3) is 2.56. The fourth-order valence-electron chi connectivity index (χ4n) is 2.40. The zero-order valence-electron chi connectivity index (χ0n) is 11.7. The molecule has 0 aliphatic heterocycles. The molecule has 0 aliphatic carbocycles. The summed E-state index contributed by atoms with van der Waals surface area (Å²) >= 11 is 0. The van der Waals surface area contributed by atoms with E-state index >= 15 is 0 Å². The molecule has 22 heavy (non-hydrogen) atoms. The first-order valence-corrected chi connectivity index (χ1v) is 6.88. The Kier molecular flexibility index (Phi) is 3.62. The van der Waals surface area contributed by atoms with Gasteiger partial charge >= 0.3 is 0 Å². The van der Waals surface area contributed by atoms with Crippen LogP contribution in [0, 0.1) is 0 Å². The minimum Gasteiger partial charge on any atom is -0.508 e. The van der Waals surface area contributed by atoms with Gasteiger partial charge in [0.2, 0.25) is 0 Å². The molecule has 0 atom stereocenters.